The van der Waals surface area contributed by atoms with E-state index in [2.05, 4.69) is 16.4 Å². The van der Waals surface area contributed by atoms with E-state index >= 15 is 0 Å². The van der Waals surface area contributed by atoms with Crippen LogP contribution in [0.1, 0.15) is 20.3 Å². The summed E-state index contributed by atoms with van der Waals surface area (Å²) in [6, 6.07) is 13.8. The smallest absolute Gasteiger partial charge is 0.147 e. The average molecular weight is 328 g/mol. The lowest BCUT2D eigenvalue weighted by Crippen LogP contribution is -2.53. The van der Waals surface area contributed by atoms with Crippen molar-refractivity contribution in [3.63, 3.8) is 0 Å². The van der Waals surface area contributed by atoms with Crippen LogP contribution in [0.15, 0.2) is 42.5 Å². The third-order valence-electron chi connectivity index (χ3n) is 4.23. The van der Waals surface area contributed by atoms with E-state index < -0.39 is 5.72 Å². The molecule has 3 aromatic rings. The van der Waals surface area contributed by atoms with Gasteiger partial charge in [0.2, 0.25) is 0 Å². The third kappa shape index (κ3) is 3.38. The first kappa shape index (κ1) is 16.8. The predicted octanol–water partition coefficient (Wildman–Crippen LogP) is 2.77. The van der Waals surface area contributed by atoms with Crippen LogP contribution in [-0.2, 0) is 0 Å². The number of aliphatic hydroxyl groups excluding tert-OH is 1. The molecule has 128 valence electrons. The van der Waals surface area contributed by atoms with Crippen LogP contribution in [0.25, 0.3) is 21.8 Å². The molecule has 3 rings (SSSR count). The quantitative estimate of drug-likeness (QED) is 0.503. The first-order valence-corrected chi connectivity index (χ1v) is 8.27. The Hall–Kier alpha value is -2.08. The van der Waals surface area contributed by atoms with Gasteiger partial charge in [-0.15, -0.1) is 0 Å². The summed E-state index contributed by atoms with van der Waals surface area (Å²) in [5, 5.41) is 24.9. The largest absolute Gasteiger partial charge is 0.488 e. The van der Waals surface area contributed by atoms with E-state index in [-0.39, 0.29) is 19.3 Å². The van der Waals surface area contributed by atoms with Gasteiger partial charge >= 0.3 is 0 Å². The predicted molar refractivity (Wildman–Crippen MR) is 96.2 cm³/mol. The highest BCUT2D eigenvalue weighted by Gasteiger charge is 2.24. The molecule has 4 N–H and O–H groups in total. The lowest BCUT2D eigenvalue weighted by Gasteiger charge is -2.29. The van der Waals surface area contributed by atoms with Gasteiger partial charge in [0, 0.05) is 22.3 Å². The second-order valence-corrected chi connectivity index (χ2v) is 6.34. The number of benzene rings is 2. The number of hydrogen-bond acceptors (Lipinski definition) is 4. The Morgan fingerprint density at radius 1 is 1.17 bits per heavy atom. The summed E-state index contributed by atoms with van der Waals surface area (Å²) in [6.45, 7) is 3.67. The first-order chi connectivity index (χ1) is 11.5. The van der Waals surface area contributed by atoms with Gasteiger partial charge < -0.3 is 19.9 Å². The van der Waals surface area contributed by atoms with Crippen LogP contribution in [-0.4, -0.2) is 40.2 Å². The number of aromatic nitrogens is 1. The van der Waals surface area contributed by atoms with E-state index in [1.807, 2.05) is 43.3 Å². The maximum atomic E-state index is 10.5. The minimum Gasteiger partial charge on any atom is -0.488 e. The van der Waals surface area contributed by atoms with Crippen LogP contribution >= 0.6 is 0 Å². The lowest BCUT2D eigenvalue weighted by molar-refractivity contribution is -0.0326. The summed E-state index contributed by atoms with van der Waals surface area (Å²) in [7, 11) is 0. The monoisotopic (exact) mass is 328 g/mol. The molecule has 1 aromatic heterocycles. The molecule has 0 saturated carbocycles. The molecule has 0 aliphatic heterocycles. The average Bonchev–Trinajstić information content (AvgIpc) is 2.97. The number of hydrogen-bond donors (Lipinski definition) is 4. The first-order valence-electron chi connectivity index (χ1n) is 8.27. The lowest BCUT2D eigenvalue weighted by atomic mass is 10.1. The van der Waals surface area contributed by atoms with Crippen LogP contribution in [0.5, 0.6) is 5.75 Å². The van der Waals surface area contributed by atoms with Crippen LogP contribution in [0.4, 0.5) is 0 Å². The van der Waals surface area contributed by atoms with Crippen LogP contribution in [0, 0.1) is 0 Å². The van der Waals surface area contributed by atoms with Crippen molar-refractivity contribution in [2.24, 2.45) is 0 Å². The van der Waals surface area contributed by atoms with Gasteiger partial charge in [-0.1, -0.05) is 31.2 Å². The Kier molecular flexibility index (Phi) is 4.76. The standard InChI is InChI=1S/C19H24N2O3/c1-3-13(11-22)21-19(2,23)12-24-17-10-6-9-16-18(17)14-7-4-5-8-15(14)20-16/h4-10,13,20-23H,3,11-12H2,1-2H3. The highest BCUT2D eigenvalue weighted by molar-refractivity contribution is 6.10. The highest BCUT2D eigenvalue weighted by atomic mass is 16.5. The summed E-state index contributed by atoms with van der Waals surface area (Å²) in [4.78, 5) is 3.37. The van der Waals surface area contributed by atoms with Gasteiger partial charge in [-0.3, -0.25) is 5.32 Å². The van der Waals surface area contributed by atoms with Gasteiger partial charge in [-0.2, -0.15) is 0 Å². The van der Waals surface area contributed by atoms with Crippen molar-refractivity contribution in [3.05, 3.63) is 42.5 Å². The van der Waals surface area contributed by atoms with Crippen molar-refractivity contribution in [2.75, 3.05) is 13.2 Å². The maximum absolute atomic E-state index is 10.5. The van der Waals surface area contributed by atoms with Crippen LogP contribution in [0.3, 0.4) is 0 Å². The van der Waals surface area contributed by atoms with E-state index in [9.17, 15) is 10.2 Å². The molecule has 5 nitrogen and oxygen atoms in total. The zero-order valence-corrected chi connectivity index (χ0v) is 14.0. The third-order valence-corrected chi connectivity index (χ3v) is 4.23. The molecule has 2 aromatic carbocycles. The van der Waals surface area contributed by atoms with E-state index in [0.717, 1.165) is 34.0 Å². The minimum atomic E-state index is -1.22. The zero-order chi connectivity index (χ0) is 17.2. The van der Waals surface area contributed by atoms with Crippen molar-refractivity contribution in [2.45, 2.75) is 32.0 Å². The molecule has 0 aliphatic rings. The van der Waals surface area contributed by atoms with Crippen molar-refractivity contribution >= 4 is 21.8 Å². The Balaban J connectivity index is 1.85. The SMILES string of the molecule is CCC(CO)NC(C)(O)COc1cccc2[nH]c3ccccc3c12. The van der Waals surface area contributed by atoms with Gasteiger partial charge in [0.05, 0.1) is 12.1 Å². The summed E-state index contributed by atoms with van der Waals surface area (Å²) in [5.41, 5.74) is 0.834. The Morgan fingerprint density at radius 2 is 1.92 bits per heavy atom. The van der Waals surface area contributed by atoms with Crippen LogP contribution < -0.4 is 10.1 Å². The highest BCUT2D eigenvalue weighted by Crippen LogP contribution is 2.33. The van der Waals surface area contributed by atoms with Gasteiger partial charge in [0.15, 0.2) is 0 Å². The molecule has 0 fully saturated rings. The van der Waals surface area contributed by atoms with Crippen molar-refractivity contribution in [1.82, 2.24) is 10.3 Å². The maximum Gasteiger partial charge on any atom is 0.147 e. The summed E-state index contributed by atoms with van der Waals surface area (Å²) < 4.78 is 5.93. The van der Waals surface area contributed by atoms with Crippen LogP contribution in [0.2, 0.25) is 0 Å². The van der Waals surface area contributed by atoms with E-state index in [0.29, 0.717) is 0 Å². The molecule has 0 radical (unpaired) electrons. The van der Waals surface area contributed by atoms with Gasteiger partial charge in [-0.05, 0) is 31.5 Å². The number of nitrogens with one attached hydrogen (secondary N) is 2. The Labute approximate surface area is 141 Å². The molecule has 0 bridgehead atoms. The number of rotatable bonds is 7. The number of aliphatic hydroxyl groups is 2. The topological polar surface area (TPSA) is 77.5 Å². The normalized spacial score (nSPS) is 15.5. The number of para-hydroxylation sites is 1. The summed E-state index contributed by atoms with van der Waals surface area (Å²) in [5.74, 6) is 0.726. The fourth-order valence-electron chi connectivity index (χ4n) is 2.97. The molecule has 2 unspecified atom stereocenters. The molecule has 0 aliphatic carbocycles. The molecule has 0 amide bonds. The molecule has 2 atom stereocenters. The molecule has 24 heavy (non-hydrogen) atoms. The van der Waals surface area contributed by atoms with E-state index in [4.69, 9.17) is 4.74 Å². The second-order valence-electron chi connectivity index (χ2n) is 6.34. The molecule has 0 spiro atoms. The number of fused-ring (bicyclic) bond motifs is 3. The van der Waals surface area contributed by atoms with Gasteiger partial charge in [0.25, 0.3) is 0 Å². The number of ether oxygens (including phenoxy) is 1. The molecular formula is C19H24N2O3. The van der Waals surface area contributed by atoms with Gasteiger partial charge in [-0.25, -0.2) is 0 Å². The fourth-order valence-corrected chi connectivity index (χ4v) is 2.97. The summed E-state index contributed by atoms with van der Waals surface area (Å²) >= 11 is 0. The zero-order valence-electron chi connectivity index (χ0n) is 14.0. The molecule has 1 heterocycles. The Bertz CT molecular complexity index is 822. The molecular weight excluding hydrogens is 304 g/mol. The summed E-state index contributed by atoms with van der Waals surface area (Å²) in [6.07, 6.45) is 0.727. The molecule has 5 heteroatoms. The van der Waals surface area contributed by atoms with Crippen molar-refractivity contribution in [3.8, 4) is 5.75 Å². The second kappa shape index (κ2) is 6.81. The number of H-pyrrole nitrogens is 1. The van der Waals surface area contributed by atoms with E-state index in [1.165, 1.54) is 0 Å². The van der Waals surface area contributed by atoms with Crippen molar-refractivity contribution < 1.29 is 14.9 Å². The van der Waals surface area contributed by atoms with Crippen molar-refractivity contribution in [1.29, 1.82) is 0 Å². The minimum absolute atomic E-state index is 0.0231. The fraction of sp³-hybridized carbons (Fsp3) is 0.368. The van der Waals surface area contributed by atoms with E-state index in [1.54, 1.807) is 6.92 Å². The molecule has 0 saturated heterocycles. The Morgan fingerprint density at radius 3 is 2.67 bits per heavy atom. The van der Waals surface area contributed by atoms with Gasteiger partial charge in [0.1, 0.15) is 18.1 Å². The number of aromatic amines is 1.